The van der Waals surface area contributed by atoms with Crippen molar-refractivity contribution in [2.75, 3.05) is 12.0 Å². The Kier molecular flexibility index (Phi) is 4.18. The van der Waals surface area contributed by atoms with Crippen LogP contribution in [-0.2, 0) is 9.84 Å². The Morgan fingerprint density at radius 1 is 1.33 bits per heavy atom. The third kappa shape index (κ3) is 4.25. The summed E-state index contributed by atoms with van der Waals surface area (Å²) in [6, 6.07) is 3.09. The minimum absolute atomic E-state index is 0.144. The molecule has 1 atom stereocenters. The van der Waals surface area contributed by atoms with Crippen LogP contribution in [0.3, 0.4) is 0 Å². The van der Waals surface area contributed by atoms with Gasteiger partial charge in [0.15, 0.2) is 11.5 Å². The highest BCUT2D eigenvalue weighted by Gasteiger charge is 2.15. The summed E-state index contributed by atoms with van der Waals surface area (Å²) in [5.74, 6) is -1.40. The summed E-state index contributed by atoms with van der Waals surface area (Å²) in [5.41, 5.74) is 0.144. The van der Waals surface area contributed by atoms with E-state index in [0.717, 1.165) is 12.3 Å². The van der Waals surface area contributed by atoms with E-state index in [1.54, 1.807) is 6.92 Å². The second-order valence-electron chi connectivity index (χ2n) is 4.17. The van der Waals surface area contributed by atoms with Gasteiger partial charge in [-0.05, 0) is 25.1 Å². The molecule has 0 heterocycles. The van der Waals surface area contributed by atoms with E-state index < -0.39 is 27.5 Å². The van der Waals surface area contributed by atoms with Gasteiger partial charge >= 0.3 is 0 Å². The number of amides is 1. The van der Waals surface area contributed by atoms with Crippen molar-refractivity contribution in [2.45, 2.75) is 13.0 Å². The average Bonchev–Trinajstić information content (AvgIpc) is 2.18. The van der Waals surface area contributed by atoms with Gasteiger partial charge < -0.3 is 15.5 Å². The highest BCUT2D eigenvalue weighted by Crippen LogP contribution is 2.24. The van der Waals surface area contributed by atoms with Crippen LogP contribution in [0.1, 0.15) is 17.3 Å². The van der Waals surface area contributed by atoms with Crippen LogP contribution in [-0.4, -0.2) is 42.6 Å². The lowest BCUT2D eigenvalue weighted by atomic mass is 10.2. The van der Waals surface area contributed by atoms with Crippen LogP contribution in [0.5, 0.6) is 11.5 Å². The summed E-state index contributed by atoms with van der Waals surface area (Å²) in [7, 11) is -3.17. The summed E-state index contributed by atoms with van der Waals surface area (Å²) in [5, 5.41) is 20.8. The SMILES string of the molecule is CC(CS(C)(=O)=O)NC(=O)c1ccc(O)c(O)c1. The van der Waals surface area contributed by atoms with Crippen LogP contribution < -0.4 is 5.32 Å². The van der Waals surface area contributed by atoms with E-state index in [0.29, 0.717) is 0 Å². The predicted octanol–water partition coefficient (Wildman–Crippen LogP) is 0.261. The zero-order chi connectivity index (χ0) is 13.9. The van der Waals surface area contributed by atoms with Crippen LogP contribution in [0.25, 0.3) is 0 Å². The second kappa shape index (κ2) is 5.26. The molecule has 100 valence electrons. The van der Waals surface area contributed by atoms with Gasteiger partial charge in [-0.1, -0.05) is 0 Å². The maximum absolute atomic E-state index is 11.7. The summed E-state index contributed by atoms with van der Waals surface area (Å²) in [4.78, 5) is 11.7. The molecule has 0 aliphatic carbocycles. The van der Waals surface area contributed by atoms with E-state index in [1.807, 2.05) is 0 Å². The molecule has 7 heteroatoms. The summed E-state index contributed by atoms with van der Waals surface area (Å²) in [6.45, 7) is 1.57. The smallest absolute Gasteiger partial charge is 0.251 e. The molecule has 0 saturated heterocycles. The second-order valence-corrected chi connectivity index (χ2v) is 6.36. The van der Waals surface area contributed by atoms with Crippen LogP contribution >= 0.6 is 0 Å². The Hall–Kier alpha value is -1.76. The normalized spacial score (nSPS) is 13.0. The van der Waals surface area contributed by atoms with Gasteiger partial charge in [0.05, 0.1) is 5.75 Å². The quantitative estimate of drug-likeness (QED) is 0.683. The molecule has 3 N–H and O–H groups in total. The molecule has 1 aromatic carbocycles. The van der Waals surface area contributed by atoms with Crippen LogP contribution in [0.2, 0.25) is 0 Å². The number of nitrogens with one attached hydrogen (secondary N) is 1. The molecule has 1 amide bonds. The molecule has 0 saturated carbocycles. The molecule has 1 rings (SSSR count). The van der Waals surface area contributed by atoms with E-state index in [9.17, 15) is 18.3 Å². The minimum atomic E-state index is -3.17. The first kappa shape index (κ1) is 14.3. The number of sulfone groups is 1. The highest BCUT2D eigenvalue weighted by molar-refractivity contribution is 7.90. The Morgan fingerprint density at radius 2 is 1.94 bits per heavy atom. The summed E-state index contributed by atoms with van der Waals surface area (Å²) < 4.78 is 22.1. The Labute approximate surface area is 105 Å². The van der Waals surface area contributed by atoms with Gasteiger partial charge in [-0.3, -0.25) is 4.79 Å². The number of carbonyl (C=O) groups excluding carboxylic acids is 1. The number of hydrogen-bond acceptors (Lipinski definition) is 5. The molecule has 0 aromatic heterocycles. The van der Waals surface area contributed by atoms with Crippen molar-refractivity contribution in [3.63, 3.8) is 0 Å². The molecule has 18 heavy (non-hydrogen) atoms. The maximum atomic E-state index is 11.7. The average molecular weight is 273 g/mol. The summed E-state index contributed by atoms with van der Waals surface area (Å²) in [6.07, 6.45) is 1.09. The summed E-state index contributed by atoms with van der Waals surface area (Å²) >= 11 is 0. The van der Waals surface area contributed by atoms with E-state index >= 15 is 0 Å². The molecular formula is C11H15NO5S. The fourth-order valence-electron chi connectivity index (χ4n) is 1.47. The first-order chi connectivity index (χ1) is 8.19. The highest BCUT2D eigenvalue weighted by atomic mass is 32.2. The zero-order valence-corrected chi connectivity index (χ0v) is 10.9. The molecule has 0 fully saturated rings. The van der Waals surface area contributed by atoms with Crippen molar-refractivity contribution in [2.24, 2.45) is 0 Å². The maximum Gasteiger partial charge on any atom is 0.251 e. The largest absolute Gasteiger partial charge is 0.504 e. The van der Waals surface area contributed by atoms with E-state index in [-0.39, 0.29) is 17.1 Å². The van der Waals surface area contributed by atoms with E-state index in [1.165, 1.54) is 12.1 Å². The molecule has 1 aromatic rings. The molecule has 0 spiro atoms. The van der Waals surface area contributed by atoms with Crippen molar-refractivity contribution in [3.8, 4) is 11.5 Å². The number of hydrogen-bond donors (Lipinski definition) is 3. The monoisotopic (exact) mass is 273 g/mol. The molecule has 0 bridgehead atoms. The topological polar surface area (TPSA) is 104 Å². The van der Waals surface area contributed by atoms with Crippen molar-refractivity contribution in [1.82, 2.24) is 5.32 Å². The number of rotatable bonds is 4. The molecule has 0 aliphatic rings. The van der Waals surface area contributed by atoms with Crippen LogP contribution in [0.4, 0.5) is 0 Å². The minimum Gasteiger partial charge on any atom is -0.504 e. The molecule has 1 unspecified atom stereocenters. The first-order valence-corrected chi connectivity index (χ1v) is 7.25. The Morgan fingerprint density at radius 3 is 2.44 bits per heavy atom. The number of aromatic hydroxyl groups is 2. The lowest BCUT2D eigenvalue weighted by Crippen LogP contribution is -2.37. The van der Waals surface area contributed by atoms with Crippen LogP contribution in [0.15, 0.2) is 18.2 Å². The van der Waals surface area contributed by atoms with Crippen LogP contribution in [0, 0.1) is 0 Å². The van der Waals surface area contributed by atoms with E-state index in [2.05, 4.69) is 5.32 Å². The third-order valence-electron chi connectivity index (χ3n) is 2.17. The van der Waals surface area contributed by atoms with Gasteiger partial charge in [-0.15, -0.1) is 0 Å². The molecule has 0 aliphatic heterocycles. The Balaban J connectivity index is 2.73. The lowest BCUT2D eigenvalue weighted by Gasteiger charge is -2.12. The number of benzene rings is 1. The van der Waals surface area contributed by atoms with Crippen molar-refractivity contribution < 1.29 is 23.4 Å². The van der Waals surface area contributed by atoms with Gasteiger partial charge in [0, 0.05) is 17.9 Å². The van der Waals surface area contributed by atoms with Gasteiger partial charge in [0.1, 0.15) is 9.84 Å². The number of phenolic OH excluding ortho intramolecular Hbond substituents is 2. The van der Waals surface area contributed by atoms with Gasteiger partial charge in [0.25, 0.3) is 5.91 Å². The molecular weight excluding hydrogens is 258 g/mol. The standard InChI is InChI=1S/C11H15NO5S/c1-7(6-18(2,16)17)12-11(15)8-3-4-9(13)10(14)5-8/h3-5,7,13-14H,6H2,1-2H3,(H,12,15). The van der Waals surface area contributed by atoms with Crippen molar-refractivity contribution in [1.29, 1.82) is 0 Å². The predicted molar refractivity (Wildman–Crippen MR) is 66.4 cm³/mol. The van der Waals surface area contributed by atoms with Crippen molar-refractivity contribution >= 4 is 15.7 Å². The van der Waals surface area contributed by atoms with E-state index in [4.69, 9.17) is 5.11 Å². The van der Waals surface area contributed by atoms with Gasteiger partial charge in [0.2, 0.25) is 0 Å². The fraction of sp³-hybridized carbons (Fsp3) is 0.364. The Bertz CT molecular complexity index is 553. The molecule has 0 radical (unpaired) electrons. The number of phenols is 2. The molecule has 6 nitrogen and oxygen atoms in total. The zero-order valence-electron chi connectivity index (χ0n) is 10.0. The number of carbonyl (C=O) groups is 1. The fourth-order valence-corrected chi connectivity index (χ4v) is 2.46. The third-order valence-corrected chi connectivity index (χ3v) is 3.27. The van der Waals surface area contributed by atoms with Crippen molar-refractivity contribution in [3.05, 3.63) is 23.8 Å². The van der Waals surface area contributed by atoms with Gasteiger partial charge in [-0.25, -0.2) is 8.42 Å². The van der Waals surface area contributed by atoms with Gasteiger partial charge in [-0.2, -0.15) is 0 Å². The lowest BCUT2D eigenvalue weighted by molar-refractivity contribution is 0.0943. The first-order valence-electron chi connectivity index (χ1n) is 5.19.